The first-order chi connectivity index (χ1) is 9.21. The maximum absolute atomic E-state index is 6.68. The lowest BCUT2D eigenvalue weighted by atomic mass is 9.95. The molecule has 0 N–H and O–H groups in total. The summed E-state index contributed by atoms with van der Waals surface area (Å²) < 4.78 is 16.2. The van der Waals surface area contributed by atoms with Crippen LogP contribution in [0.25, 0.3) is 0 Å². The van der Waals surface area contributed by atoms with E-state index in [0.29, 0.717) is 11.7 Å². The summed E-state index contributed by atoms with van der Waals surface area (Å²) in [5.74, 6) is 2.69. The normalized spacial score (nSPS) is 17.3. The first kappa shape index (κ1) is 14.3. The number of methoxy groups -OCH3 is 3. The summed E-state index contributed by atoms with van der Waals surface area (Å²) in [7, 11) is 4.93. The molecule has 19 heavy (non-hydrogen) atoms. The summed E-state index contributed by atoms with van der Waals surface area (Å²) in [6.07, 6.45) is 4.86. The van der Waals surface area contributed by atoms with Gasteiger partial charge in [0.1, 0.15) is 17.2 Å². The molecule has 0 heterocycles. The monoisotopic (exact) mass is 284 g/mol. The van der Waals surface area contributed by atoms with E-state index < -0.39 is 0 Å². The van der Waals surface area contributed by atoms with Crippen molar-refractivity contribution in [2.75, 3.05) is 21.3 Å². The predicted octanol–water partition coefficient (Wildman–Crippen LogP) is 4.18. The minimum Gasteiger partial charge on any atom is -0.496 e. The standard InChI is InChI=1S/C15H21ClO3/c1-17-11-8-12(18-2)14(13(9-11)19-3)15(16)10-6-4-5-7-10/h8-10,15H,4-7H2,1-3H3. The molecule has 1 aliphatic carbocycles. The van der Waals surface area contributed by atoms with Crippen LogP contribution in [0.3, 0.4) is 0 Å². The topological polar surface area (TPSA) is 27.7 Å². The van der Waals surface area contributed by atoms with Crippen molar-refractivity contribution in [3.8, 4) is 17.2 Å². The Balaban J connectivity index is 2.40. The van der Waals surface area contributed by atoms with E-state index in [1.54, 1.807) is 21.3 Å². The van der Waals surface area contributed by atoms with Crippen LogP contribution in [0, 0.1) is 5.92 Å². The van der Waals surface area contributed by atoms with Gasteiger partial charge in [-0.15, -0.1) is 11.6 Å². The van der Waals surface area contributed by atoms with Crippen LogP contribution in [0.1, 0.15) is 36.6 Å². The molecule has 0 aliphatic heterocycles. The fraction of sp³-hybridized carbons (Fsp3) is 0.600. The second kappa shape index (κ2) is 6.38. The van der Waals surface area contributed by atoms with Gasteiger partial charge in [0.05, 0.1) is 32.3 Å². The van der Waals surface area contributed by atoms with Crippen LogP contribution in [0.4, 0.5) is 0 Å². The van der Waals surface area contributed by atoms with Crippen molar-refractivity contribution in [3.05, 3.63) is 17.7 Å². The molecule has 0 spiro atoms. The molecule has 3 nitrogen and oxygen atoms in total. The number of halogens is 1. The number of ether oxygens (including phenoxy) is 3. The van der Waals surface area contributed by atoms with Gasteiger partial charge in [-0.05, 0) is 18.8 Å². The van der Waals surface area contributed by atoms with Gasteiger partial charge in [-0.1, -0.05) is 12.8 Å². The minimum absolute atomic E-state index is 0.0710. The van der Waals surface area contributed by atoms with Crippen molar-refractivity contribution in [3.63, 3.8) is 0 Å². The molecule has 1 unspecified atom stereocenters. The zero-order chi connectivity index (χ0) is 13.8. The van der Waals surface area contributed by atoms with Gasteiger partial charge < -0.3 is 14.2 Å². The molecule has 0 bridgehead atoms. The van der Waals surface area contributed by atoms with Gasteiger partial charge in [0, 0.05) is 12.1 Å². The molecule has 1 aromatic rings. The van der Waals surface area contributed by atoms with Gasteiger partial charge in [0.2, 0.25) is 0 Å². The van der Waals surface area contributed by atoms with Crippen molar-refractivity contribution < 1.29 is 14.2 Å². The van der Waals surface area contributed by atoms with E-state index in [4.69, 9.17) is 25.8 Å². The van der Waals surface area contributed by atoms with E-state index in [1.165, 1.54) is 25.7 Å². The lowest BCUT2D eigenvalue weighted by Crippen LogP contribution is -2.07. The number of rotatable bonds is 5. The third kappa shape index (κ3) is 2.92. The molecule has 1 aliphatic rings. The molecule has 0 aromatic heterocycles. The average Bonchev–Trinajstić information content (AvgIpc) is 2.99. The van der Waals surface area contributed by atoms with Crippen LogP contribution in [-0.4, -0.2) is 21.3 Å². The van der Waals surface area contributed by atoms with E-state index >= 15 is 0 Å². The van der Waals surface area contributed by atoms with Gasteiger partial charge in [0.15, 0.2) is 0 Å². The summed E-state index contributed by atoms with van der Waals surface area (Å²) in [4.78, 5) is 0. The molecule has 0 radical (unpaired) electrons. The van der Waals surface area contributed by atoms with Crippen molar-refractivity contribution >= 4 is 11.6 Å². The molecule has 1 aromatic carbocycles. The Labute approximate surface area is 119 Å². The molecule has 106 valence electrons. The highest BCUT2D eigenvalue weighted by Crippen LogP contribution is 2.48. The Hall–Kier alpha value is -1.09. The highest BCUT2D eigenvalue weighted by atomic mass is 35.5. The van der Waals surface area contributed by atoms with Crippen molar-refractivity contribution in [2.45, 2.75) is 31.1 Å². The zero-order valence-corrected chi connectivity index (χ0v) is 12.5. The maximum Gasteiger partial charge on any atom is 0.130 e. The van der Waals surface area contributed by atoms with Crippen molar-refractivity contribution in [1.29, 1.82) is 0 Å². The van der Waals surface area contributed by atoms with Crippen molar-refractivity contribution in [2.24, 2.45) is 5.92 Å². The fourth-order valence-corrected chi connectivity index (χ4v) is 3.26. The number of alkyl halides is 1. The van der Waals surface area contributed by atoms with Gasteiger partial charge in [-0.3, -0.25) is 0 Å². The third-order valence-corrected chi connectivity index (χ3v) is 4.42. The number of hydrogen-bond donors (Lipinski definition) is 0. The summed E-state index contributed by atoms with van der Waals surface area (Å²) in [5.41, 5.74) is 0.944. The van der Waals surface area contributed by atoms with Crippen molar-refractivity contribution in [1.82, 2.24) is 0 Å². The van der Waals surface area contributed by atoms with Crippen LogP contribution in [0.2, 0.25) is 0 Å². The molecule has 1 atom stereocenters. The molecule has 4 heteroatoms. The predicted molar refractivity (Wildman–Crippen MR) is 76.7 cm³/mol. The van der Waals surface area contributed by atoms with Gasteiger partial charge in [0.25, 0.3) is 0 Å². The zero-order valence-electron chi connectivity index (χ0n) is 11.7. The van der Waals surface area contributed by atoms with E-state index in [1.807, 2.05) is 12.1 Å². The SMILES string of the molecule is COc1cc(OC)c(C(Cl)C2CCCC2)c(OC)c1. The summed E-state index contributed by atoms with van der Waals surface area (Å²) >= 11 is 6.68. The van der Waals surface area contributed by atoms with E-state index in [-0.39, 0.29) is 5.38 Å². The molecule has 1 saturated carbocycles. The Kier molecular flexibility index (Phi) is 4.81. The Morgan fingerprint density at radius 2 is 1.53 bits per heavy atom. The summed E-state index contributed by atoms with van der Waals surface area (Å²) in [5, 5.41) is -0.0710. The first-order valence-electron chi connectivity index (χ1n) is 6.65. The van der Waals surface area contributed by atoms with Crippen LogP contribution in [0.5, 0.6) is 17.2 Å². The van der Waals surface area contributed by atoms with Crippen LogP contribution in [0.15, 0.2) is 12.1 Å². The van der Waals surface area contributed by atoms with E-state index in [0.717, 1.165) is 17.1 Å². The largest absolute Gasteiger partial charge is 0.496 e. The summed E-state index contributed by atoms with van der Waals surface area (Å²) in [6, 6.07) is 3.73. The first-order valence-corrected chi connectivity index (χ1v) is 7.08. The highest BCUT2D eigenvalue weighted by molar-refractivity contribution is 6.21. The van der Waals surface area contributed by atoms with Gasteiger partial charge in [-0.2, -0.15) is 0 Å². The molecule has 0 amide bonds. The second-order valence-electron chi connectivity index (χ2n) is 4.89. The molecule has 0 saturated heterocycles. The molecule has 1 fully saturated rings. The quantitative estimate of drug-likeness (QED) is 0.759. The van der Waals surface area contributed by atoms with Crippen LogP contribution in [-0.2, 0) is 0 Å². The molecule has 2 rings (SSSR count). The van der Waals surface area contributed by atoms with Crippen LogP contribution < -0.4 is 14.2 Å². The fourth-order valence-electron chi connectivity index (χ4n) is 2.79. The van der Waals surface area contributed by atoms with Gasteiger partial charge in [-0.25, -0.2) is 0 Å². The van der Waals surface area contributed by atoms with Crippen LogP contribution >= 0.6 is 11.6 Å². The number of hydrogen-bond acceptors (Lipinski definition) is 3. The van der Waals surface area contributed by atoms with E-state index in [2.05, 4.69) is 0 Å². The Morgan fingerprint density at radius 1 is 1.00 bits per heavy atom. The molecular weight excluding hydrogens is 264 g/mol. The lowest BCUT2D eigenvalue weighted by Gasteiger charge is -2.22. The minimum atomic E-state index is -0.0710. The third-order valence-electron chi connectivity index (χ3n) is 3.84. The smallest absolute Gasteiger partial charge is 0.130 e. The second-order valence-corrected chi connectivity index (χ2v) is 5.36. The summed E-state index contributed by atoms with van der Waals surface area (Å²) in [6.45, 7) is 0. The maximum atomic E-state index is 6.68. The highest BCUT2D eigenvalue weighted by Gasteiger charge is 2.30. The Bertz CT molecular complexity index is 402. The van der Waals surface area contributed by atoms with E-state index in [9.17, 15) is 0 Å². The lowest BCUT2D eigenvalue weighted by molar-refractivity contribution is 0.361. The Morgan fingerprint density at radius 3 is 1.95 bits per heavy atom. The molecular formula is C15H21ClO3. The number of benzene rings is 1. The average molecular weight is 285 g/mol. The van der Waals surface area contributed by atoms with Gasteiger partial charge >= 0.3 is 0 Å².